The summed E-state index contributed by atoms with van der Waals surface area (Å²) in [6.45, 7) is 1.24. The molecule has 0 unspecified atom stereocenters. The average molecular weight is 464 g/mol. The molecule has 1 aromatic carbocycles. The molecule has 3 aromatic rings. The van der Waals surface area contributed by atoms with Gasteiger partial charge in [-0.25, -0.2) is 14.2 Å². The second kappa shape index (κ2) is 10.4. The van der Waals surface area contributed by atoms with Crippen LogP contribution in [0.1, 0.15) is 27.4 Å². The largest absolute Gasteiger partial charge is 0.452 e. The van der Waals surface area contributed by atoms with Crippen LogP contribution in [0.4, 0.5) is 4.39 Å². The number of likely N-dealkylation sites (N-methyl/N-ethyl adjacent to an activating group) is 1. The fourth-order valence-corrected chi connectivity index (χ4v) is 3.70. The van der Waals surface area contributed by atoms with Crippen LogP contribution < -0.4 is 0 Å². The molecule has 162 valence electrons. The lowest BCUT2D eigenvalue weighted by Gasteiger charge is -2.18. The van der Waals surface area contributed by atoms with Crippen molar-refractivity contribution in [3.8, 4) is 0 Å². The summed E-state index contributed by atoms with van der Waals surface area (Å²) in [5.74, 6) is -0.542. The average Bonchev–Trinajstić information content (AvgIpc) is 3.18. The third-order valence-corrected chi connectivity index (χ3v) is 5.63. The third kappa shape index (κ3) is 6.05. The second-order valence-corrected chi connectivity index (χ2v) is 7.97. The van der Waals surface area contributed by atoms with Crippen LogP contribution in [0.5, 0.6) is 0 Å². The molecule has 0 bridgehead atoms. The molecule has 0 aliphatic carbocycles. The fraction of sp³-hybridized carbons (Fsp3) is 0.238. The van der Waals surface area contributed by atoms with Gasteiger partial charge in [-0.1, -0.05) is 34.6 Å². The number of benzene rings is 1. The van der Waals surface area contributed by atoms with Crippen molar-refractivity contribution in [1.82, 2.24) is 15.0 Å². The number of aromatic nitrogens is 2. The molecule has 7 nitrogen and oxygen atoms in total. The third-order valence-electron chi connectivity index (χ3n) is 4.23. The van der Waals surface area contributed by atoms with Crippen molar-refractivity contribution in [2.45, 2.75) is 24.2 Å². The van der Waals surface area contributed by atoms with Crippen LogP contribution in [0, 0.1) is 12.7 Å². The minimum atomic E-state index is -0.683. The number of halogens is 2. The maximum atomic E-state index is 13.9. The molecule has 0 aliphatic heterocycles. The molecule has 0 saturated carbocycles. The smallest absolute Gasteiger partial charge is 0.341 e. The van der Waals surface area contributed by atoms with E-state index in [4.69, 9.17) is 20.9 Å². The molecule has 0 fully saturated rings. The Bertz CT molecular complexity index is 1070. The van der Waals surface area contributed by atoms with Crippen molar-refractivity contribution in [3.63, 3.8) is 0 Å². The summed E-state index contributed by atoms with van der Waals surface area (Å²) in [5, 5.41) is 4.57. The van der Waals surface area contributed by atoms with Crippen molar-refractivity contribution < 1.29 is 23.2 Å². The van der Waals surface area contributed by atoms with Gasteiger partial charge in [0.2, 0.25) is 0 Å². The second-order valence-electron chi connectivity index (χ2n) is 6.60. The van der Waals surface area contributed by atoms with Crippen molar-refractivity contribution >= 4 is 35.2 Å². The number of pyridine rings is 1. The summed E-state index contributed by atoms with van der Waals surface area (Å²) in [7, 11) is 1.48. The summed E-state index contributed by atoms with van der Waals surface area (Å²) in [6.07, 6.45) is 1.56. The topological polar surface area (TPSA) is 85.5 Å². The van der Waals surface area contributed by atoms with E-state index in [0.717, 1.165) is 5.69 Å². The maximum absolute atomic E-state index is 13.9. The van der Waals surface area contributed by atoms with Gasteiger partial charge in [0.05, 0.1) is 11.3 Å². The molecule has 31 heavy (non-hydrogen) atoms. The Labute approximate surface area is 187 Å². The number of esters is 1. The van der Waals surface area contributed by atoms with Crippen LogP contribution in [-0.4, -0.2) is 40.6 Å². The maximum Gasteiger partial charge on any atom is 0.341 e. The van der Waals surface area contributed by atoms with Crippen LogP contribution in [0.25, 0.3) is 0 Å². The summed E-state index contributed by atoms with van der Waals surface area (Å²) >= 11 is 7.30. The Morgan fingerprint density at radius 3 is 2.81 bits per heavy atom. The Kier molecular flexibility index (Phi) is 7.64. The molecule has 0 radical (unpaired) electrons. The van der Waals surface area contributed by atoms with E-state index in [9.17, 15) is 14.0 Å². The van der Waals surface area contributed by atoms with Crippen LogP contribution in [0.15, 0.2) is 52.1 Å². The minimum Gasteiger partial charge on any atom is -0.452 e. The number of aryl methyl sites for hydroxylation is 1. The Morgan fingerprint density at radius 2 is 2.10 bits per heavy atom. The number of ether oxygens (including phenoxy) is 1. The molecule has 10 heteroatoms. The van der Waals surface area contributed by atoms with E-state index in [2.05, 4.69) is 10.1 Å². The predicted octanol–water partition coefficient (Wildman–Crippen LogP) is 4.28. The van der Waals surface area contributed by atoms with Gasteiger partial charge in [-0.3, -0.25) is 4.79 Å². The SMILES string of the molecule is Cc1cc(CSc2ncccc2C(=O)OCC(=O)N(C)Cc2c(F)cccc2Cl)no1. The molecular formula is C21H19ClFN3O4S. The zero-order valence-electron chi connectivity index (χ0n) is 16.8. The number of amides is 1. The zero-order valence-corrected chi connectivity index (χ0v) is 18.4. The zero-order chi connectivity index (χ0) is 22.4. The number of hydrogen-bond donors (Lipinski definition) is 0. The highest BCUT2D eigenvalue weighted by atomic mass is 35.5. The van der Waals surface area contributed by atoms with E-state index in [1.165, 1.54) is 35.8 Å². The molecule has 0 aliphatic rings. The predicted molar refractivity (Wildman–Crippen MR) is 113 cm³/mol. The lowest BCUT2D eigenvalue weighted by Crippen LogP contribution is -2.31. The van der Waals surface area contributed by atoms with Gasteiger partial charge in [0, 0.05) is 42.2 Å². The van der Waals surface area contributed by atoms with Gasteiger partial charge in [-0.2, -0.15) is 0 Å². The molecule has 2 aromatic heterocycles. The summed E-state index contributed by atoms with van der Waals surface area (Å²) < 4.78 is 24.1. The first-order valence-corrected chi connectivity index (χ1v) is 10.6. The normalized spacial score (nSPS) is 10.7. The summed E-state index contributed by atoms with van der Waals surface area (Å²) in [4.78, 5) is 30.3. The number of nitrogens with zero attached hydrogens (tertiary/aromatic N) is 3. The highest BCUT2D eigenvalue weighted by Gasteiger charge is 2.19. The van der Waals surface area contributed by atoms with Crippen molar-refractivity contribution in [1.29, 1.82) is 0 Å². The number of carbonyl (C=O) groups is 2. The minimum absolute atomic E-state index is 0.0486. The molecule has 2 heterocycles. The number of rotatable bonds is 8. The quantitative estimate of drug-likeness (QED) is 0.364. The van der Waals surface area contributed by atoms with E-state index in [0.29, 0.717) is 16.5 Å². The highest BCUT2D eigenvalue weighted by Crippen LogP contribution is 2.25. The van der Waals surface area contributed by atoms with Gasteiger partial charge in [0.25, 0.3) is 5.91 Å². The van der Waals surface area contributed by atoms with Gasteiger partial charge in [-0.15, -0.1) is 0 Å². The monoisotopic (exact) mass is 463 g/mol. The number of carbonyl (C=O) groups excluding carboxylic acids is 2. The Balaban J connectivity index is 1.58. The summed E-state index contributed by atoms with van der Waals surface area (Å²) in [5.41, 5.74) is 1.15. The van der Waals surface area contributed by atoms with Gasteiger partial charge >= 0.3 is 5.97 Å². The molecular weight excluding hydrogens is 445 g/mol. The van der Waals surface area contributed by atoms with Gasteiger partial charge < -0.3 is 14.2 Å². The van der Waals surface area contributed by atoms with Crippen molar-refractivity contribution in [2.75, 3.05) is 13.7 Å². The Hall–Kier alpha value is -2.91. The van der Waals surface area contributed by atoms with Crippen LogP contribution >= 0.6 is 23.4 Å². The number of hydrogen-bond acceptors (Lipinski definition) is 7. The van der Waals surface area contributed by atoms with E-state index in [1.807, 2.05) is 0 Å². The molecule has 0 N–H and O–H groups in total. The summed E-state index contributed by atoms with van der Waals surface area (Å²) in [6, 6.07) is 9.26. The molecule has 3 rings (SSSR count). The van der Waals surface area contributed by atoms with Crippen molar-refractivity contribution in [2.24, 2.45) is 0 Å². The van der Waals surface area contributed by atoms with Gasteiger partial charge in [0.15, 0.2) is 6.61 Å². The standard InChI is InChI=1S/C21H19ClFN3O4S/c1-13-9-14(25-30-13)12-31-20-15(5-4-8-24-20)21(28)29-11-19(27)26(2)10-16-17(22)6-3-7-18(16)23/h3-9H,10-12H2,1-2H3. The molecule has 0 atom stereocenters. The molecule has 0 saturated heterocycles. The van der Waals surface area contributed by atoms with E-state index in [1.54, 1.807) is 37.4 Å². The molecule has 0 spiro atoms. The lowest BCUT2D eigenvalue weighted by molar-refractivity contribution is -0.133. The number of thioether (sulfide) groups is 1. The van der Waals surface area contributed by atoms with E-state index in [-0.39, 0.29) is 22.7 Å². The fourth-order valence-electron chi connectivity index (χ4n) is 2.61. The van der Waals surface area contributed by atoms with E-state index >= 15 is 0 Å². The molecule has 1 amide bonds. The first-order chi connectivity index (χ1) is 14.8. The van der Waals surface area contributed by atoms with E-state index < -0.39 is 24.3 Å². The first-order valence-electron chi connectivity index (χ1n) is 9.19. The van der Waals surface area contributed by atoms with Crippen LogP contribution in [-0.2, 0) is 21.8 Å². The highest BCUT2D eigenvalue weighted by molar-refractivity contribution is 7.98. The Morgan fingerprint density at radius 1 is 1.29 bits per heavy atom. The van der Waals surface area contributed by atoms with Gasteiger partial charge in [-0.05, 0) is 31.2 Å². The van der Waals surface area contributed by atoms with Crippen LogP contribution in [0.2, 0.25) is 5.02 Å². The lowest BCUT2D eigenvalue weighted by atomic mass is 10.2. The van der Waals surface area contributed by atoms with Crippen LogP contribution in [0.3, 0.4) is 0 Å². The first kappa shape index (κ1) is 22.8. The van der Waals surface area contributed by atoms with Gasteiger partial charge in [0.1, 0.15) is 16.6 Å². The van der Waals surface area contributed by atoms with Crippen molar-refractivity contribution in [3.05, 3.63) is 76.0 Å².